The zero-order valence-corrected chi connectivity index (χ0v) is 12.0. The summed E-state index contributed by atoms with van der Waals surface area (Å²) >= 11 is 0. The minimum absolute atomic E-state index is 0.518. The zero-order valence-electron chi connectivity index (χ0n) is 12.0. The zero-order chi connectivity index (χ0) is 15.7. The molecule has 2 aromatic rings. The maximum absolute atomic E-state index is 11.9. The van der Waals surface area contributed by atoms with Crippen molar-refractivity contribution in [1.82, 2.24) is 0 Å². The molecule has 1 aliphatic heterocycles. The van der Waals surface area contributed by atoms with Crippen molar-refractivity contribution in [3.8, 4) is 0 Å². The molecule has 3 N–H and O–H groups in total. The van der Waals surface area contributed by atoms with Gasteiger partial charge in [-0.15, -0.1) is 0 Å². The lowest BCUT2D eigenvalue weighted by atomic mass is 9.97. The van der Waals surface area contributed by atoms with Crippen LogP contribution in [0.25, 0.3) is 0 Å². The molecule has 1 amide bonds. The first-order valence-electron chi connectivity index (χ1n) is 7.01. The quantitative estimate of drug-likeness (QED) is 0.791. The molecule has 1 aliphatic rings. The number of hydrogen-bond acceptors (Lipinski definition) is 4. The Bertz CT molecular complexity index is 739. The van der Waals surface area contributed by atoms with Gasteiger partial charge in [0, 0.05) is 11.1 Å². The van der Waals surface area contributed by atoms with Crippen LogP contribution in [0.1, 0.15) is 29.7 Å². The first kappa shape index (κ1) is 14.4. The molecule has 0 spiro atoms. The average Bonchev–Trinajstić information content (AvgIpc) is 2.65. The van der Waals surface area contributed by atoms with Crippen molar-refractivity contribution < 1.29 is 15.0 Å². The van der Waals surface area contributed by atoms with E-state index in [0.717, 1.165) is 5.56 Å². The molecule has 0 aliphatic carbocycles. The fraction of sp³-hybridized carbons (Fsp3) is 0.176. The number of benzene rings is 2. The van der Waals surface area contributed by atoms with E-state index in [2.05, 4.69) is 10.3 Å². The van der Waals surface area contributed by atoms with E-state index in [-0.39, 0.29) is 0 Å². The van der Waals surface area contributed by atoms with E-state index in [9.17, 15) is 15.0 Å². The molecule has 2 aromatic carbocycles. The Labute approximate surface area is 128 Å². The Morgan fingerprint density at radius 2 is 1.91 bits per heavy atom. The van der Waals surface area contributed by atoms with Gasteiger partial charge < -0.3 is 15.5 Å². The van der Waals surface area contributed by atoms with Crippen LogP contribution in [0.3, 0.4) is 0 Å². The van der Waals surface area contributed by atoms with Crippen LogP contribution in [-0.2, 0) is 4.79 Å². The minimum atomic E-state index is -1.46. The third kappa shape index (κ3) is 2.64. The Morgan fingerprint density at radius 3 is 2.59 bits per heavy atom. The number of amides is 1. The SMILES string of the molecule is CC(O)c1ccc2c(c1)C(c1ccccc1)=NC(O)C(=O)N2. The van der Waals surface area contributed by atoms with Crippen LogP contribution < -0.4 is 5.32 Å². The lowest BCUT2D eigenvalue weighted by Gasteiger charge is -2.13. The number of carbonyl (C=O) groups is 1. The molecule has 1 heterocycles. The summed E-state index contributed by atoms with van der Waals surface area (Å²) in [6, 6.07) is 14.6. The van der Waals surface area contributed by atoms with Crippen molar-refractivity contribution in [2.24, 2.45) is 4.99 Å². The number of aliphatic hydroxyl groups excluding tert-OH is 2. The summed E-state index contributed by atoms with van der Waals surface area (Å²) in [5.74, 6) is -0.572. The molecule has 0 fully saturated rings. The molecule has 22 heavy (non-hydrogen) atoms. The maximum atomic E-state index is 11.9. The van der Waals surface area contributed by atoms with Gasteiger partial charge in [-0.1, -0.05) is 36.4 Å². The van der Waals surface area contributed by atoms with Gasteiger partial charge in [0.05, 0.1) is 17.5 Å². The van der Waals surface area contributed by atoms with Gasteiger partial charge in [0.2, 0.25) is 6.23 Å². The smallest absolute Gasteiger partial charge is 0.276 e. The maximum Gasteiger partial charge on any atom is 0.276 e. The van der Waals surface area contributed by atoms with Gasteiger partial charge in [0.1, 0.15) is 0 Å². The number of rotatable bonds is 2. The van der Waals surface area contributed by atoms with Crippen molar-refractivity contribution in [1.29, 1.82) is 0 Å². The highest BCUT2D eigenvalue weighted by Crippen LogP contribution is 2.27. The molecule has 0 aromatic heterocycles. The second kappa shape index (κ2) is 5.71. The Kier molecular flexibility index (Phi) is 3.75. The summed E-state index contributed by atoms with van der Waals surface area (Å²) < 4.78 is 0. The van der Waals surface area contributed by atoms with Crippen molar-refractivity contribution in [3.05, 3.63) is 65.2 Å². The van der Waals surface area contributed by atoms with E-state index in [0.29, 0.717) is 22.5 Å². The predicted octanol–water partition coefficient (Wildman–Crippen LogP) is 1.85. The standard InChI is InChI=1S/C17H16N2O3/c1-10(20)12-7-8-14-13(9-12)15(11-5-3-2-4-6-11)19-17(22)16(21)18-14/h2-10,17,20,22H,1H3,(H,18,21). The number of nitrogens with zero attached hydrogens (tertiary/aromatic N) is 1. The molecular formula is C17H16N2O3. The average molecular weight is 296 g/mol. The number of benzodiazepines with no additional fused rings is 1. The summed E-state index contributed by atoms with van der Waals surface area (Å²) in [5, 5.41) is 22.3. The van der Waals surface area contributed by atoms with E-state index in [1.807, 2.05) is 30.3 Å². The lowest BCUT2D eigenvalue weighted by molar-refractivity contribution is -0.123. The summed E-state index contributed by atoms with van der Waals surface area (Å²) in [6.07, 6.45) is -2.09. The Balaban J connectivity index is 2.21. The molecule has 0 radical (unpaired) electrons. The van der Waals surface area contributed by atoms with Gasteiger partial charge in [-0.05, 0) is 24.6 Å². The molecule has 0 bridgehead atoms. The van der Waals surface area contributed by atoms with Gasteiger partial charge in [-0.25, -0.2) is 4.99 Å². The number of aliphatic imine (C=N–C) groups is 1. The molecule has 112 valence electrons. The Morgan fingerprint density at radius 1 is 1.18 bits per heavy atom. The molecular weight excluding hydrogens is 280 g/mol. The highest BCUT2D eigenvalue weighted by atomic mass is 16.3. The molecule has 0 saturated carbocycles. The topological polar surface area (TPSA) is 81.9 Å². The van der Waals surface area contributed by atoms with Crippen molar-refractivity contribution >= 4 is 17.3 Å². The van der Waals surface area contributed by atoms with Gasteiger partial charge in [0.15, 0.2) is 0 Å². The number of anilines is 1. The molecule has 2 atom stereocenters. The summed E-state index contributed by atoms with van der Waals surface area (Å²) in [7, 11) is 0. The third-order valence-corrected chi connectivity index (χ3v) is 3.57. The highest BCUT2D eigenvalue weighted by molar-refractivity contribution is 6.19. The fourth-order valence-corrected chi connectivity index (χ4v) is 2.40. The lowest BCUT2D eigenvalue weighted by Crippen LogP contribution is -2.24. The minimum Gasteiger partial charge on any atom is -0.389 e. The second-order valence-electron chi connectivity index (χ2n) is 5.19. The molecule has 5 nitrogen and oxygen atoms in total. The number of fused-ring (bicyclic) bond motifs is 1. The van der Waals surface area contributed by atoms with Gasteiger partial charge in [-0.2, -0.15) is 0 Å². The highest BCUT2D eigenvalue weighted by Gasteiger charge is 2.24. The van der Waals surface area contributed by atoms with E-state index < -0.39 is 18.2 Å². The first-order chi connectivity index (χ1) is 10.6. The summed E-state index contributed by atoms with van der Waals surface area (Å²) in [4.78, 5) is 16.0. The van der Waals surface area contributed by atoms with Crippen LogP contribution in [-0.4, -0.2) is 28.1 Å². The van der Waals surface area contributed by atoms with Crippen molar-refractivity contribution in [2.45, 2.75) is 19.3 Å². The molecule has 5 heteroatoms. The van der Waals surface area contributed by atoms with E-state index >= 15 is 0 Å². The van der Waals surface area contributed by atoms with Crippen LogP contribution in [0.5, 0.6) is 0 Å². The number of carbonyl (C=O) groups excluding carboxylic acids is 1. The number of nitrogens with one attached hydrogen (secondary N) is 1. The first-order valence-corrected chi connectivity index (χ1v) is 7.01. The van der Waals surface area contributed by atoms with Crippen LogP contribution >= 0.6 is 0 Å². The summed E-state index contributed by atoms with van der Waals surface area (Å²) in [6.45, 7) is 1.67. The van der Waals surface area contributed by atoms with Gasteiger partial charge in [0.25, 0.3) is 5.91 Å². The largest absolute Gasteiger partial charge is 0.389 e. The monoisotopic (exact) mass is 296 g/mol. The van der Waals surface area contributed by atoms with E-state index in [4.69, 9.17) is 0 Å². The van der Waals surface area contributed by atoms with Crippen LogP contribution in [0.15, 0.2) is 53.5 Å². The second-order valence-corrected chi connectivity index (χ2v) is 5.19. The van der Waals surface area contributed by atoms with Crippen LogP contribution in [0.4, 0.5) is 5.69 Å². The van der Waals surface area contributed by atoms with Gasteiger partial charge in [-0.3, -0.25) is 4.79 Å². The van der Waals surface area contributed by atoms with E-state index in [1.54, 1.807) is 25.1 Å². The molecule has 2 unspecified atom stereocenters. The predicted molar refractivity (Wildman–Crippen MR) is 83.8 cm³/mol. The van der Waals surface area contributed by atoms with Crippen molar-refractivity contribution in [2.75, 3.05) is 5.32 Å². The number of aliphatic hydroxyl groups is 2. The van der Waals surface area contributed by atoms with E-state index in [1.165, 1.54) is 0 Å². The molecule has 3 rings (SSSR count). The third-order valence-electron chi connectivity index (χ3n) is 3.57. The van der Waals surface area contributed by atoms with Crippen LogP contribution in [0, 0.1) is 0 Å². The van der Waals surface area contributed by atoms with Gasteiger partial charge >= 0.3 is 0 Å². The normalized spacial score (nSPS) is 18.8. The molecule has 0 saturated heterocycles. The van der Waals surface area contributed by atoms with Crippen molar-refractivity contribution in [3.63, 3.8) is 0 Å². The summed E-state index contributed by atoms with van der Waals surface area (Å²) in [5.41, 5.74) is 3.27. The number of hydrogen-bond donors (Lipinski definition) is 3. The Hall–Kier alpha value is -2.50. The van der Waals surface area contributed by atoms with Crippen LogP contribution in [0.2, 0.25) is 0 Å². The fourth-order valence-electron chi connectivity index (χ4n) is 2.40.